The van der Waals surface area contributed by atoms with Crippen molar-refractivity contribution >= 4 is 17.3 Å². The second-order valence-corrected chi connectivity index (χ2v) is 5.83. The molecule has 1 amide bonds. The van der Waals surface area contributed by atoms with E-state index in [-0.39, 0.29) is 11.5 Å². The summed E-state index contributed by atoms with van der Waals surface area (Å²) in [6.45, 7) is 3.64. The van der Waals surface area contributed by atoms with Crippen molar-refractivity contribution in [2.75, 3.05) is 29.9 Å². The Morgan fingerprint density at radius 3 is 2.64 bits per heavy atom. The second kappa shape index (κ2) is 5.67. The zero-order valence-electron chi connectivity index (χ0n) is 12.7. The maximum absolute atomic E-state index is 12.9. The average molecular weight is 297 g/mol. The van der Waals surface area contributed by atoms with Crippen LogP contribution in [0.1, 0.15) is 17.3 Å². The van der Waals surface area contributed by atoms with E-state index in [1.807, 2.05) is 31.3 Å². The van der Waals surface area contributed by atoms with Gasteiger partial charge in [-0.25, -0.2) is 0 Å². The van der Waals surface area contributed by atoms with E-state index in [1.165, 1.54) is 12.3 Å². The minimum Gasteiger partial charge on any atom is -0.373 e. The molecular formula is C17H19N3O2. The number of carbonyl (C=O) groups is 1. The first-order chi connectivity index (χ1) is 10.6. The van der Waals surface area contributed by atoms with Crippen LogP contribution in [0.5, 0.6) is 0 Å². The Hall–Kier alpha value is -2.56. The van der Waals surface area contributed by atoms with Crippen molar-refractivity contribution in [3.63, 3.8) is 0 Å². The summed E-state index contributed by atoms with van der Waals surface area (Å²) in [4.78, 5) is 30.8. The first-order valence-electron chi connectivity index (χ1n) is 7.37. The minimum absolute atomic E-state index is 0.138. The second-order valence-electron chi connectivity index (χ2n) is 5.83. The molecule has 2 aromatic rings. The lowest BCUT2D eigenvalue weighted by Gasteiger charge is -2.24. The standard InChI is InChI=1S/C17H19N3O2/c1-12-10-19(2)14-5-3-4-6-15(14)20(11-12)17(22)13-7-8-18-16(21)9-13/h3-9,12H,10-11H2,1-2H3,(H,18,21). The van der Waals surface area contributed by atoms with Crippen molar-refractivity contribution in [3.8, 4) is 0 Å². The summed E-state index contributed by atoms with van der Waals surface area (Å²) in [6.07, 6.45) is 1.51. The van der Waals surface area contributed by atoms with Crippen LogP contribution in [0, 0.1) is 5.92 Å². The maximum Gasteiger partial charge on any atom is 0.258 e. The zero-order valence-corrected chi connectivity index (χ0v) is 12.7. The highest BCUT2D eigenvalue weighted by molar-refractivity contribution is 6.07. The number of rotatable bonds is 1. The molecule has 1 aliphatic heterocycles. The zero-order chi connectivity index (χ0) is 15.7. The van der Waals surface area contributed by atoms with Gasteiger partial charge in [-0.1, -0.05) is 19.1 Å². The third-order valence-corrected chi connectivity index (χ3v) is 3.93. The highest BCUT2D eigenvalue weighted by atomic mass is 16.2. The molecular weight excluding hydrogens is 278 g/mol. The molecule has 22 heavy (non-hydrogen) atoms. The Bertz CT molecular complexity index is 753. The number of benzene rings is 1. The van der Waals surface area contributed by atoms with Crippen LogP contribution < -0.4 is 15.4 Å². The van der Waals surface area contributed by atoms with Crippen LogP contribution in [-0.4, -0.2) is 31.0 Å². The fourth-order valence-electron chi connectivity index (χ4n) is 2.97. The quantitative estimate of drug-likeness (QED) is 0.877. The number of H-pyrrole nitrogens is 1. The number of nitrogens with one attached hydrogen (secondary N) is 1. The topological polar surface area (TPSA) is 56.4 Å². The normalized spacial score (nSPS) is 17.8. The molecule has 1 atom stereocenters. The van der Waals surface area contributed by atoms with Gasteiger partial charge in [0.2, 0.25) is 5.56 Å². The van der Waals surface area contributed by atoms with Gasteiger partial charge in [0.1, 0.15) is 0 Å². The van der Waals surface area contributed by atoms with E-state index in [1.54, 1.807) is 11.0 Å². The third-order valence-electron chi connectivity index (χ3n) is 3.93. The summed E-state index contributed by atoms with van der Waals surface area (Å²) >= 11 is 0. The van der Waals surface area contributed by atoms with Gasteiger partial charge in [-0.3, -0.25) is 9.59 Å². The molecule has 5 heteroatoms. The molecule has 1 N–H and O–H groups in total. The molecule has 0 aliphatic carbocycles. The van der Waals surface area contributed by atoms with E-state index >= 15 is 0 Å². The minimum atomic E-state index is -0.265. The fraction of sp³-hybridized carbons (Fsp3) is 0.294. The van der Waals surface area contributed by atoms with Crippen molar-refractivity contribution in [2.45, 2.75) is 6.92 Å². The maximum atomic E-state index is 12.9. The number of anilines is 2. The number of pyridine rings is 1. The van der Waals surface area contributed by atoms with Gasteiger partial charge in [-0.05, 0) is 24.1 Å². The van der Waals surface area contributed by atoms with Crippen LogP contribution in [0.2, 0.25) is 0 Å². The van der Waals surface area contributed by atoms with Gasteiger partial charge < -0.3 is 14.8 Å². The molecule has 3 rings (SSSR count). The van der Waals surface area contributed by atoms with Crippen molar-refractivity contribution < 1.29 is 4.79 Å². The molecule has 0 bridgehead atoms. The van der Waals surface area contributed by atoms with Crippen LogP contribution in [0.3, 0.4) is 0 Å². The van der Waals surface area contributed by atoms with E-state index in [4.69, 9.17) is 0 Å². The number of nitrogens with zero attached hydrogens (tertiary/aromatic N) is 2. The molecule has 1 aromatic heterocycles. The summed E-state index contributed by atoms with van der Waals surface area (Å²) in [6, 6.07) is 10.9. The van der Waals surface area contributed by atoms with Crippen molar-refractivity contribution in [1.29, 1.82) is 0 Å². The Morgan fingerprint density at radius 1 is 1.18 bits per heavy atom. The molecule has 0 radical (unpaired) electrons. The SMILES string of the molecule is CC1CN(C)c2ccccc2N(C(=O)c2cc[nH]c(=O)c2)C1. The molecule has 1 aliphatic rings. The van der Waals surface area contributed by atoms with E-state index in [2.05, 4.69) is 16.8 Å². The molecule has 2 heterocycles. The van der Waals surface area contributed by atoms with Crippen molar-refractivity contribution in [3.05, 3.63) is 58.5 Å². The predicted molar refractivity (Wildman–Crippen MR) is 87.6 cm³/mol. The molecule has 0 saturated heterocycles. The van der Waals surface area contributed by atoms with E-state index in [0.717, 1.165) is 17.9 Å². The van der Waals surface area contributed by atoms with E-state index < -0.39 is 0 Å². The largest absolute Gasteiger partial charge is 0.373 e. The number of aromatic amines is 1. The average Bonchev–Trinajstić information content (AvgIpc) is 2.63. The fourth-order valence-corrected chi connectivity index (χ4v) is 2.97. The molecule has 5 nitrogen and oxygen atoms in total. The Kier molecular flexibility index (Phi) is 3.71. The van der Waals surface area contributed by atoms with Gasteiger partial charge >= 0.3 is 0 Å². The highest BCUT2D eigenvalue weighted by Crippen LogP contribution is 2.33. The number of hydrogen-bond acceptors (Lipinski definition) is 3. The van der Waals surface area contributed by atoms with Crippen LogP contribution in [-0.2, 0) is 0 Å². The first kappa shape index (κ1) is 14.4. The van der Waals surface area contributed by atoms with Crippen molar-refractivity contribution in [1.82, 2.24) is 4.98 Å². The third kappa shape index (κ3) is 2.62. The Morgan fingerprint density at radius 2 is 1.91 bits per heavy atom. The summed E-state index contributed by atoms with van der Waals surface area (Å²) in [5, 5.41) is 0. The number of hydrogen-bond donors (Lipinski definition) is 1. The van der Waals surface area contributed by atoms with Crippen LogP contribution >= 0.6 is 0 Å². The molecule has 0 saturated carbocycles. The summed E-state index contributed by atoms with van der Waals surface area (Å²) in [5.41, 5.74) is 2.07. The van der Waals surface area contributed by atoms with Gasteiger partial charge in [-0.15, -0.1) is 0 Å². The number of carbonyl (C=O) groups excluding carboxylic acids is 1. The summed E-state index contributed by atoms with van der Waals surface area (Å²) < 4.78 is 0. The van der Waals surface area contributed by atoms with Crippen LogP contribution in [0.15, 0.2) is 47.4 Å². The Labute approximate surface area is 129 Å². The molecule has 1 unspecified atom stereocenters. The lowest BCUT2D eigenvalue weighted by Crippen LogP contribution is -2.35. The number of amides is 1. The van der Waals surface area contributed by atoms with E-state index in [9.17, 15) is 9.59 Å². The number of para-hydroxylation sites is 2. The van der Waals surface area contributed by atoms with Crippen molar-refractivity contribution in [2.24, 2.45) is 5.92 Å². The monoisotopic (exact) mass is 297 g/mol. The Balaban J connectivity index is 2.06. The van der Waals surface area contributed by atoms with E-state index in [0.29, 0.717) is 18.0 Å². The van der Waals surface area contributed by atoms with Gasteiger partial charge in [0.05, 0.1) is 11.4 Å². The molecule has 1 aromatic carbocycles. The number of fused-ring (bicyclic) bond motifs is 1. The number of aromatic nitrogens is 1. The summed E-state index contributed by atoms with van der Waals surface area (Å²) in [5.74, 6) is 0.198. The highest BCUT2D eigenvalue weighted by Gasteiger charge is 2.27. The lowest BCUT2D eigenvalue weighted by molar-refractivity contribution is 0.0984. The molecule has 114 valence electrons. The summed E-state index contributed by atoms with van der Waals surface area (Å²) in [7, 11) is 2.04. The molecule has 0 spiro atoms. The van der Waals surface area contributed by atoms with Gasteiger partial charge in [0.15, 0.2) is 0 Å². The van der Waals surface area contributed by atoms with Crippen LogP contribution in [0.4, 0.5) is 11.4 Å². The lowest BCUT2D eigenvalue weighted by atomic mass is 10.1. The first-order valence-corrected chi connectivity index (χ1v) is 7.37. The molecule has 0 fully saturated rings. The predicted octanol–water partition coefficient (Wildman–Crippen LogP) is 2.11. The smallest absolute Gasteiger partial charge is 0.258 e. The van der Waals surface area contributed by atoms with Gasteiger partial charge in [0, 0.05) is 38.0 Å². The van der Waals surface area contributed by atoms with Crippen LogP contribution in [0.25, 0.3) is 0 Å². The van der Waals surface area contributed by atoms with Gasteiger partial charge in [-0.2, -0.15) is 0 Å². The van der Waals surface area contributed by atoms with Gasteiger partial charge in [0.25, 0.3) is 5.91 Å².